The van der Waals surface area contributed by atoms with E-state index in [0.717, 1.165) is 29.9 Å². The number of nitriles is 1. The lowest BCUT2D eigenvalue weighted by atomic mass is 9.66. The molecule has 1 aromatic carbocycles. The molecule has 11 heteroatoms. The van der Waals surface area contributed by atoms with Gasteiger partial charge in [-0.25, -0.2) is 9.69 Å². The molecule has 1 N–H and O–H groups in total. The first-order chi connectivity index (χ1) is 15.9. The molecule has 1 saturated carbocycles. The average Bonchev–Trinajstić information content (AvgIpc) is 3.43. The van der Waals surface area contributed by atoms with Crippen LogP contribution in [0, 0.1) is 29.1 Å². The van der Waals surface area contributed by atoms with Crippen LogP contribution in [-0.4, -0.2) is 41.8 Å². The van der Waals surface area contributed by atoms with Gasteiger partial charge in [0.15, 0.2) is 0 Å². The third kappa shape index (κ3) is 3.27. The van der Waals surface area contributed by atoms with Crippen molar-refractivity contribution in [3.8, 4) is 6.07 Å². The number of amides is 3. The molecule has 5 unspecified atom stereocenters. The van der Waals surface area contributed by atoms with Crippen molar-refractivity contribution in [3.05, 3.63) is 29.3 Å². The molecule has 8 nitrogen and oxygen atoms in total. The number of rotatable bonds is 4. The first kappa shape index (κ1) is 22.7. The van der Waals surface area contributed by atoms with Gasteiger partial charge in [0.2, 0.25) is 11.8 Å². The Balaban J connectivity index is 1.44. The van der Waals surface area contributed by atoms with Crippen molar-refractivity contribution in [1.29, 1.82) is 5.26 Å². The van der Waals surface area contributed by atoms with Gasteiger partial charge < -0.3 is 14.8 Å². The Morgan fingerprint density at radius 1 is 1.26 bits per heavy atom. The molecule has 4 fully saturated rings. The van der Waals surface area contributed by atoms with Gasteiger partial charge in [0, 0.05) is 6.42 Å². The van der Waals surface area contributed by atoms with Gasteiger partial charge in [-0.3, -0.25) is 9.59 Å². The van der Waals surface area contributed by atoms with Crippen molar-refractivity contribution >= 4 is 23.6 Å². The summed E-state index contributed by atoms with van der Waals surface area (Å²) in [7, 11) is 0. The Hall–Kier alpha value is -3.13. The van der Waals surface area contributed by atoms with Gasteiger partial charge in [0.05, 0.1) is 58.6 Å². The molecule has 1 aliphatic carbocycles. The number of nitrogens with one attached hydrogen (secondary N) is 1. The number of carbonyl (C=O) groups excluding carboxylic acids is 3. The van der Waals surface area contributed by atoms with Crippen LogP contribution < -0.4 is 10.2 Å². The van der Waals surface area contributed by atoms with E-state index in [9.17, 15) is 27.6 Å². The summed E-state index contributed by atoms with van der Waals surface area (Å²) in [6, 6.07) is 3.61. The lowest BCUT2D eigenvalue weighted by molar-refractivity contribution is -0.138. The highest BCUT2D eigenvalue weighted by Crippen LogP contribution is 2.61. The highest BCUT2D eigenvalue weighted by atomic mass is 19.4. The summed E-state index contributed by atoms with van der Waals surface area (Å²) in [5.74, 6) is -2.88. The predicted octanol–water partition coefficient (Wildman–Crippen LogP) is 3.14. The van der Waals surface area contributed by atoms with Gasteiger partial charge in [0.25, 0.3) is 0 Å². The molecule has 0 radical (unpaired) electrons. The van der Waals surface area contributed by atoms with Gasteiger partial charge in [-0.15, -0.1) is 0 Å². The fraction of sp³-hybridized carbons (Fsp3) is 0.565. The van der Waals surface area contributed by atoms with Crippen LogP contribution in [0.5, 0.6) is 0 Å². The van der Waals surface area contributed by atoms with Crippen LogP contribution in [0.2, 0.25) is 0 Å². The summed E-state index contributed by atoms with van der Waals surface area (Å²) in [6.45, 7) is 3.61. The second-order valence-corrected chi connectivity index (χ2v) is 9.85. The highest BCUT2D eigenvalue weighted by molar-refractivity contribution is 6.23. The minimum atomic E-state index is -4.83. The largest absolute Gasteiger partial charge is 0.449 e. The Morgan fingerprint density at radius 3 is 2.56 bits per heavy atom. The molecule has 0 spiro atoms. The molecule has 2 bridgehead atoms. The Morgan fingerprint density at radius 2 is 1.94 bits per heavy atom. The molecular weight excluding hydrogens is 455 g/mol. The molecule has 3 aliphatic heterocycles. The number of imide groups is 1. The lowest BCUT2D eigenvalue weighted by Gasteiger charge is -2.35. The van der Waals surface area contributed by atoms with E-state index >= 15 is 0 Å². The van der Waals surface area contributed by atoms with E-state index in [2.05, 4.69) is 5.32 Å². The van der Waals surface area contributed by atoms with Crippen molar-refractivity contribution in [2.75, 3.05) is 11.5 Å². The summed E-state index contributed by atoms with van der Waals surface area (Å²) in [4.78, 5) is 39.8. The average molecular weight is 477 g/mol. The Bertz CT molecular complexity index is 1140. The van der Waals surface area contributed by atoms with E-state index in [0.29, 0.717) is 18.6 Å². The molecule has 180 valence electrons. The van der Waals surface area contributed by atoms with E-state index in [1.807, 2.05) is 0 Å². The normalized spacial score (nSPS) is 34.2. The zero-order valence-electron chi connectivity index (χ0n) is 18.4. The van der Waals surface area contributed by atoms with Crippen LogP contribution in [0.25, 0.3) is 0 Å². The smallest absolute Gasteiger partial charge is 0.417 e. The second-order valence-electron chi connectivity index (χ2n) is 9.85. The van der Waals surface area contributed by atoms with E-state index in [1.54, 1.807) is 13.8 Å². The molecule has 4 aliphatic rings. The molecule has 5 atom stereocenters. The Labute approximate surface area is 193 Å². The van der Waals surface area contributed by atoms with Gasteiger partial charge in [-0.05, 0) is 50.8 Å². The van der Waals surface area contributed by atoms with Crippen molar-refractivity contribution < 1.29 is 37.0 Å². The third-order valence-corrected chi connectivity index (χ3v) is 7.46. The topological polar surface area (TPSA) is 109 Å². The summed E-state index contributed by atoms with van der Waals surface area (Å²) in [5.41, 5.74) is -4.41. The standard InChI is InChI=1S/C23H22F3N3O5/c1-21-8-15(28-20(32)33-10-11-3-4-11)22(2,34-21)17-16(21)18(30)29(19(17)31)13-6-5-12(9-27)14(7-13)23(24,25)26/h5-7,11,15-17H,3-4,8,10H2,1-2H3,(H,28,32). The zero-order chi connectivity index (χ0) is 24.6. The van der Waals surface area contributed by atoms with E-state index in [-0.39, 0.29) is 12.1 Å². The monoisotopic (exact) mass is 477 g/mol. The van der Waals surface area contributed by atoms with E-state index in [1.165, 1.54) is 6.07 Å². The van der Waals surface area contributed by atoms with Gasteiger partial charge in [-0.2, -0.15) is 18.4 Å². The van der Waals surface area contributed by atoms with Crippen LogP contribution in [0.1, 0.15) is 44.2 Å². The van der Waals surface area contributed by atoms with Crippen LogP contribution in [-0.2, 0) is 25.2 Å². The number of alkyl carbamates (subject to hydrolysis) is 1. The van der Waals surface area contributed by atoms with Crippen molar-refractivity contribution in [2.24, 2.45) is 17.8 Å². The van der Waals surface area contributed by atoms with Crippen LogP contribution in [0.4, 0.5) is 23.7 Å². The first-order valence-electron chi connectivity index (χ1n) is 11.0. The molecule has 0 aromatic heterocycles. The molecule has 3 heterocycles. The molecular formula is C23H22F3N3O5. The van der Waals surface area contributed by atoms with E-state index < -0.39 is 64.3 Å². The number of nitrogens with zero attached hydrogens (tertiary/aromatic N) is 2. The number of anilines is 1. The number of halogens is 3. The Kier molecular flexibility index (Phi) is 4.79. The number of hydrogen-bond acceptors (Lipinski definition) is 6. The summed E-state index contributed by atoms with van der Waals surface area (Å²) in [6.07, 6.45) is -3.20. The van der Waals surface area contributed by atoms with Crippen molar-refractivity contribution in [3.63, 3.8) is 0 Å². The third-order valence-electron chi connectivity index (χ3n) is 7.46. The van der Waals surface area contributed by atoms with Gasteiger partial charge in [-0.1, -0.05) is 0 Å². The maximum absolute atomic E-state index is 13.5. The quantitative estimate of drug-likeness (QED) is 0.668. The zero-order valence-corrected chi connectivity index (χ0v) is 18.4. The molecule has 3 saturated heterocycles. The van der Waals surface area contributed by atoms with Crippen molar-refractivity contribution in [1.82, 2.24) is 5.32 Å². The van der Waals surface area contributed by atoms with Crippen LogP contribution in [0.3, 0.4) is 0 Å². The minimum absolute atomic E-state index is 0.247. The second kappa shape index (κ2) is 7.18. The highest BCUT2D eigenvalue weighted by Gasteiger charge is 2.76. The number of hydrogen-bond donors (Lipinski definition) is 1. The molecule has 3 amide bonds. The van der Waals surface area contributed by atoms with Crippen molar-refractivity contribution in [2.45, 2.75) is 56.5 Å². The van der Waals surface area contributed by atoms with Gasteiger partial charge in [0.1, 0.15) is 0 Å². The van der Waals surface area contributed by atoms with Gasteiger partial charge >= 0.3 is 12.3 Å². The summed E-state index contributed by atoms with van der Waals surface area (Å²) in [5, 5.41) is 11.8. The molecule has 5 rings (SSSR count). The van der Waals surface area contributed by atoms with Crippen LogP contribution in [0.15, 0.2) is 18.2 Å². The van der Waals surface area contributed by atoms with E-state index in [4.69, 9.17) is 14.7 Å². The minimum Gasteiger partial charge on any atom is -0.449 e. The summed E-state index contributed by atoms with van der Waals surface area (Å²) >= 11 is 0. The lowest BCUT2D eigenvalue weighted by Crippen LogP contribution is -2.56. The number of carbonyl (C=O) groups is 3. The number of ether oxygens (including phenoxy) is 2. The fourth-order valence-corrected chi connectivity index (χ4v) is 5.67. The van der Waals surface area contributed by atoms with Crippen LogP contribution >= 0.6 is 0 Å². The SMILES string of the molecule is CC12CC(NC(=O)OCC3CC3)C(C)(O1)C1C(=O)N(c3ccc(C#N)c(C(F)(F)F)c3)C(=O)C12. The maximum atomic E-state index is 13.5. The predicted molar refractivity (Wildman–Crippen MR) is 109 cm³/mol. The number of alkyl halides is 3. The summed E-state index contributed by atoms with van der Waals surface area (Å²) < 4.78 is 51.8. The maximum Gasteiger partial charge on any atom is 0.417 e. The fourth-order valence-electron chi connectivity index (χ4n) is 5.67. The number of fused-ring (bicyclic) bond motifs is 5. The first-order valence-corrected chi connectivity index (χ1v) is 11.0. The number of benzene rings is 1. The molecule has 1 aromatic rings. The molecule has 34 heavy (non-hydrogen) atoms.